The summed E-state index contributed by atoms with van der Waals surface area (Å²) in [6.07, 6.45) is 4.11. The van der Waals surface area contributed by atoms with Crippen LogP contribution in [0.1, 0.15) is 42.6 Å². The zero-order valence-corrected chi connectivity index (χ0v) is 27.8. The number of amides is 1. The number of anilines is 6. The average molecular weight is 642 g/mol. The molecule has 1 atom stereocenters. The van der Waals surface area contributed by atoms with Crippen molar-refractivity contribution in [3.05, 3.63) is 66.4 Å². The molecule has 5 rings (SSSR count). The highest BCUT2D eigenvalue weighted by Crippen LogP contribution is 2.39. The zero-order valence-electron chi connectivity index (χ0n) is 27.8. The van der Waals surface area contributed by atoms with Crippen molar-refractivity contribution in [3.63, 3.8) is 0 Å². The number of hydrazone groups is 1. The van der Waals surface area contributed by atoms with Crippen molar-refractivity contribution >= 4 is 52.1 Å². The second-order valence-electron chi connectivity index (χ2n) is 12.0. The molecular formula is C34H43N9O4. The number of hydrogen-bond donors (Lipinski definition) is 3. The minimum Gasteiger partial charge on any atom is -0.494 e. The number of rotatable bonds is 12. The van der Waals surface area contributed by atoms with E-state index >= 15 is 0 Å². The van der Waals surface area contributed by atoms with Gasteiger partial charge in [-0.15, -0.1) is 0 Å². The van der Waals surface area contributed by atoms with Crippen LogP contribution < -0.4 is 25.6 Å². The number of methoxy groups -OCH3 is 1. The van der Waals surface area contributed by atoms with Gasteiger partial charge in [0.2, 0.25) is 11.9 Å². The highest BCUT2D eigenvalue weighted by Gasteiger charge is 2.27. The Labute approximate surface area is 275 Å². The first kappa shape index (κ1) is 33.2. The van der Waals surface area contributed by atoms with E-state index in [9.17, 15) is 9.59 Å². The van der Waals surface area contributed by atoms with Crippen LogP contribution in [0.5, 0.6) is 5.75 Å². The molecule has 248 valence electrons. The van der Waals surface area contributed by atoms with E-state index in [1.807, 2.05) is 49.4 Å². The van der Waals surface area contributed by atoms with Crippen LogP contribution in [0, 0.1) is 0 Å². The number of para-hydroxylation sites is 1. The molecule has 0 unspecified atom stereocenters. The summed E-state index contributed by atoms with van der Waals surface area (Å²) in [5.74, 6) is 0.0772. The quantitative estimate of drug-likeness (QED) is 0.185. The highest BCUT2D eigenvalue weighted by atomic mass is 16.5. The molecule has 0 radical (unpaired) electrons. The largest absolute Gasteiger partial charge is 0.494 e. The highest BCUT2D eigenvalue weighted by molar-refractivity contribution is 6.07. The molecule has 0 bridgehead atoms. The Morgan fingerprint density at radius 3 is 2.55 bits per heavy atom. The second kappa shape index (κ2) is 14.5. The van der Waals surface area contributed by atoms with Crippen molar-refractivity contribution in [3.8, 4) is 5.75 Å². The molecule has 0 aliphatic carbocycles. The number of carbonyl (C=O) groups excluding carboxylic acids is 2. The van der Waals surface area contributed by atoms with Gasteiger partial charge in [0.25, 0.3) is 0 Å². The number of benzene rings is 2. The van der Waals surface area contributed by atoms with Crippen molar-refractivity contribution < 1.29 is 19.1 Å². The third-order valence-corrected chi connectivity index (χ3v) is 8.11. The fourth-order valence-electron chi connectivity index (χ4n) is 5.65. The Kier molecular flexibility index (Phi) is 10.2. The number of esters is 1. The van der Waals surface area contributed by atoms with Gasteiger partial charge in [-0.3, -0.25) is 9.80 Å². The molecule has 3 heterocycles. The maximum atomic E-state index is 13.2. The topological polar surface area (TPSA) is 137 Å². The number of nitrogens with zero attached hydrogens (tertiary/aromatic N) is 6. The number of ether oxygens (including phenoxy) is 2. The van der Waals surface area contributed by atoms with E-state index < -0.39 is 5.97 Å². The molecule has 1 saturated heterocycles. The first-order valence-electron chi connectivity index (χ1n) is 15.6. The Morgan fingerprint density at radius 2 is 1.89 bits per heavy atom. The molecule has 13 heteroatoms. The molecule has 47 heavy (non-hydrogen) atoms. The van der Waals surface area contributed by atoms with Gasteiger partial charge < -0.3 is 35.2 Å². The van der Waals surface area contributed by atoms with Crippen LogP contribution in [0.25, 0.3) is 0 Å². The van der Waals surface area contributed by atoms with Crippen LogP contribution in [0.15, 0.2) is 60.4 Å². The summed E-state index contributed by atoms with van der Waals surface area (Å²) in [5, 5.41) is 16.1. The van der Waals surface area contributed by atoms with Gasteiger partial charge in [-0.25, -0.2) is 9.78 Å². The summed E-state index contributed by atoms with van der Waals surface area (Å²) in [4.78, 5) is 39.3. The summed E-state index contributed by atoms with van der Waals surface area (Å²) in [6, 6.07) is 11.7. The fraction of sp³-hybridized carbons (Fsp3) is 0.382. The van der Waals surface area contributed by atoms with E-state index in [1.54, 1.807) is 27.0 Å². The lowest BCUT2D eigenvalue weighted by molar-refractivity contribution is -0.111. The van der Waals surface area contributed by atoms with Gasteiger partial charge in [-0.2, -0.15) is 10.1 Å². The molecule has 3 aromatic rings. The molecule has 2 aliphatic rings. The van der Waals surface area contributed by atoms with Crippen molar-refractivity contribution in [1.29, 1.82) is 0 Å². The van der Waals surface area contributed by atoms with Crippen molar-refractivity contribution in [1.82, 2.24) is 19.9 Å². The van der Waals surface area contributed by atoms with Crippen molar-refractivity contribution in [2.75, 3.05) is 68.7 Å². The maximum Gasteiger partial charge on any atom is 0.343 e. The van der Waals surface area contributed by atoms with Crippen LogP contribution in [-0.4, -0.2) is 97.5 Å². The Hall–Kier alpha value is -5.17. The van der Waals surface area contributed by atoms with E-state index in [1.165, 1.54) is 12.3 Å². The van der Waals surface area contributed by atoms with Crippen LogP contribution in [0.4, 0.5) is 34.5 Å². The third-order valence-electron chi connectivity index (χ3n) is 8.11. The van der Waals surface area contributed by atoms with Gasteiger partial charge in [0.1, 0.15) is 11.3 Å². The minimum absolute atomic E-state index is 0.175. The number of hydrogen-bond acceptors (Lipinski definition) is 12. The van der Waals surface area contributed by atoms with Gasteiger partial charge in [0, 0.05) is 63.2 Å². The standard InChI is InChI=1S/C34H43N9O4/c1-8-31(44)36-27-17-28(30(46-7)18-29(27)43(6)22-13-15-41(4)20-22)38-34-35-19-24(33(45)47-21(2)3)32(39-34)37-25-12-10-9-11-23(25)26-14-16-42(5)40-26/h8-12,17-19,21-22H,1,13-16,20H2,2-7H3,(H,36,44)(H2,35,37,38,39)/t22-/m0/s1. The molecule has 1 amide bonds. The van der Waals surface area contributed by atoms with Gasteiger partial charge in [-0.1, -0.05) is 24.8 Å². The molecule has 2 aromatic carbocycles. The first-order valence-corrected chi connectivity index (χ1v) is 15.6. The van der Waals surface area contributed by atoms with Gasteiger partial charge in [0.05, 0.1) is 36.0 Å². The Balaban J connectivity index is 1.53. The maximum absolute atomic E-state index is 13.2. The summed E-state index contributed by atoms with van der Waals surface area (Å²) >= 11 is 0. The van der Waals surface area contributed by atoms with E-state index in [-0.39, 0.29) is 35.4 Å². The average Bonchev–Trinajstić information content (AvgIpc) is 3.68. The number of nitrogens with one attached hydrogen (secondary N) is 3. The normalized spacial score (nSPS) is 16.1. The number of likely N-dealkylation sites (N-methyl/N-ethyl adjacent to an activating group) is 2. The summed E-state index contributed by atoms with van der Waals surface area (Å²) in [7, 11) is 7.62. The molecular weight excluding hydrogens is 598 g/mol. The second-order valence-corrected chi connectivity index (χ2v) is 12.0. The Morgan fingerprint density at radius 1 is 1.11 bits per heavy atom. The number of carbonyl (C=O) groups is 2. The smallest absolute Gasteiger partial charge is 0.343 e. The SMILES string of the molecule is C=CC(=O)Nc1cc(Nc2ncc(C(=O)OC(C)C)c(Nc3ccccc3C3=NN(C)CC3)n2)c(OC)cc1N(C)[C@H]1CCN(C)C1. The summed E-state index contributed by atoms with van der Waals surface area (Å²) in [6.45, 7) is 9.89. The predicted molar refractivity (Wildman–Crippen MR) is 186 cm³/mol. The first-order chi connectivity index (χ1) is 22.6. The lowest BCUT2D eigenvalue weighted by Gasteiger charge is -2.29. The number of aromatic nitrogens is 2. The lowest BCUT2D eigenvalue weighted by Crippen LogP contribution is -2.34. The predicted octanol–water partition coefficient (Wildman–Crippen LogP) is 4.84. The van der Waals surface area contributed by atoms with Crippen LogP contribution >= 0.6 is 0 Å². The van der Waals surface area contributed by atoms with Crippen molar-refractivity contribution in [2.24, 2.45) is 5.10 Å². The fourth-order valence-corrected chi connectivity index (χ4v) is 5.65. The van der Waals surface area contributed by atoms with Gasteiger partial charge in [-0.05, 0) is 52.1 Å². The molecule has 0 saturated carbocycles. The molecule has 1 fully saturated rings. The third kappa shape index (κ3) is 7.80. The zero-order chi connectivity index (χ0) is 33.7. The Bertz CT molecular complexity index is 1680. The molecule has 13 nitrogen and oxygen atoms in total. The van der Waals surface area contributed by atoms with Gasteiger partial charge in [0.15, 0.2) is 5.82 Å². The lowest BCUT2D eigenvalue weighted by atomic mass is 10.1. The monoisotopic (exact) mass is 641 g/mol. The summed E-state index contributed by atoms with van der Waals surface area (Å²) < 4.78 is 11.3. The molecule has 3 N–H and O–H groups in total. The van der Waals surface area contributed by atoms with Crippen LogP contribution in [0.3, 0.4) is 0 Å². The van der Waals surface area contributed by atoms with Crippen LogP contribution in [-0.2, 0) is 9.53 Å². The molecule has 1 aromatic heterocycles. The number of likely N-dealkylation sites (tertiary alicyclic amines) is 1. The van der Waals surface area contributed by atoms with E-state index in [0.717, 1.165) is 55.1 Å². The van der Waals surface area contributed by atoms with Crippen molar-refractivity contribution in [2.45, 2.75) is 38.8 Å². The molecule has 2 aliphatic heterocycles. The molecule has 0 spiro atoms. The van der Waals surface area contributed by atoms with E-state index in [2.05, 4.69) is 49.5 Å². The van der Waals surface area contributed by atoms with Crippen LogP contribution in [0.2, 0.25) is 0 Å². The van der Waals surface area contributed by atoms with Gasteiger partial charge >= 0.3 is 5.97 Å². The van der Waals surface area contributed by atoms with E-state index in [0.29, 0.717) is 17.1 Å². The van der Waals surface area contributed by atoms with E-state index in [4.69, 9.17) is 14.5 Å². The summed E-state index contributed by atoms with van der Waals surface area (Å²) in [5.41, 5.74) is 4.64. The minimum atomic E-state index is -0.554.